The van der Waals surface area contributed by atoms with Crippen LogP contribution in [0.2, 0.25) is 0 Å². The van der Waals surface area contributed by atoms with Crippen molar-refractivity contribution >= 4 is 43.6 Å². The first-order valence-corrected chi connectivity index (χ1v) is 8.65. The van der Waals surface area contributed by atoms with Crippen molar-refractivity contribution in [2.45, 2.75) is 26.4 Å². The predicted molar refractivity (Wildman–Crippen MR) is 87.7 cm³/mol. The maximum Gasteiger partial charge on any atom is 0.147 e. The first-order chi connectivity index (χ1) is 8.58. The largest absolute Gasteiger partial charge is 0.494 e. The Morgan fingerprint density at radius 3 is 2.44 bits per heavy atom. The molecule has 0 aliphatic carbocycles. The van der Waals surface area contributed by atoms with Gasteiger partial charge in [0.1, 0.15) is 5.75 Å². The summed E-state index contributed by atoms with van der Waals surface area (Å²) in [5.41, 5.74) is 1.24. The van der Waals surface area contributed by atoms with Gasteiger partial charge in [-0.1, -0.05) is 6.92 Å². The van der Waals surface area contributed by atoms with Gasteiger partial charge in [0.2, 0.25) is 0 Å². The van der Waals surface area contributed by atoms with Crippen LogP contribution in [-0.2, 0) is 6.54 Å². The third-order valence-corrected chi connectivity index (χ3v) is 4.81. The molecule has 1 aromatic rings. The lowest BCUT2D eigenvalue weighted by Gasteiger charge is -2.14. The number of methoxy groups -OCH3 is 1. The van der Waals surface area contributed by atoms with Gasteiger partial charge in [0, 0.05) is 18.3 Å². The van der Waals surface area contributed by atoms with Crippen LogP contribution in [0.4, 0.5) is 0 Å². The molecule has 0 aromatic heterocycles. The Morgan fingerprint density at radius 2 is 1.94 bits per heavy atom. The van der Waals surface area contributed by atoms with Crippen LogP contribution in [0.25, 0.3) is 0 Å². The van der Waals surface area contributed by atoms with Gasteiger partial charge in [-0.15, -0.1) is 0 Å². The molecule has 0 spiro atoms. The van der Waals surface area contributed by atoms with E-state index in [1.54, 1.807) is 7.11 Å². The van der Waals surface area contributed by atoms with Crippen LogP contribution in [0.1, 0.15) is 19.4 Å². The minimum atomic E-state index is 0.523. The summed E-state index contributed by atoms with van der Waals surface area (Å²) in [5.74, 6) is 3.16. The number of benzene rings is 1. The summed E-state index contributed by atoms with van der Waals surface area (Å²) in [6, 6.07) is 4.71. The van der Waals surface area contributed by atoms with E-state index < -0.39 is 0 Å². The molecule has 1 aromatic carbocycles. The zero-order chi connectivity index (χ0) is 13.5. The molecule has 2 nitrogen and oxygen atoms in total. The third kappa shape index (κ3) is 5.11. The highest BCUT2D eigenvalue weighted by Crippen LogP contribution is 2.34. The van der Waals surface area contributed by atoms with Gasteiger partial charge in [0.25, 0.3) is 0 Å². The molecule has 0 saturated carbocycles. The minimum Gasteiger partial charge on any atom is -0.494 e. The molecular formula is C13H19Br2NOS. The van der Waals surface area contributed by atoms with Gasteiger partial charge in [-0.25, -0.2) is 0 Å². The minimum absolute atomic E-state index is 0.523. The topological polar surface area (TPSA) is 21.3 Å². The van der Waals surface area contributed by atoms with Gasteiger partial charge < -0.3 is 10.1 Å². The van der Waals surface area contributed by atoms with Crippen molar-refractivity contribution in [2.24, 2.45) is 0 Å². The molecule has 1 N–H and O–H groups in total. The summed E-state index contributed by atoms with van der Waals surface area (Å²) in [5, 5.41) is 3.52. The van der Waals surface area contributed by atoms with E-state index in [4.69, 9.17) is 4.74 Å². The molecule has 1 unspecified atom stereocenters. The molecule has 0 aliphatic heterocycles. The van der Waals surface area contributed by atoms with E-state index in [9.17, 15) is 0 Å². The normalized spacial score (nSPS) is 12.5. The second kappa shape index (κ2) is 8.46. The van der Waals surface area contributed by atoms with E-state index in [1.807, 2.05) is 11.8 Å². The highest BCUT2D eigenvalue weighted by Gasteiger charge is 2.08. The monoisotopic (exact) mass is 395 g/mol. The molecule has 0 heterocycles. The van der Waals surface area contributed by atoms with Crippen LogP contribution in [-0.4, -0.2) is 24.7 Å². The average molecular weight is 397 g/mol. The average Bonchev–Trinajstić information content (AvgIpc) is 2.33. The zero-order valence-corrected chi connectivity index (χ0v) is 14.9. The third-order valence-electron chi connectivity index (χ3n) is 2.49. The lowest BCUT2D eigenvalue weighted by Crippen LogP contribution is -2.27. The smallest absolute Gasteiger partial charge is 0.147 e. The van der Waals surface area contributed by atoms with Crippen molar-refractivity contribution in [3.8, 4) is 5.75 Å². The summed E-state index contributed by atoms with van der Waals surface area (Å²) in [7, 11) is 1.67. The Bertz CT molecular complexity index is 364. The Kier molecular flexibility index (Phi) is 7.68. The van der Waals surface area contributed by atoms with E-state index in [0.717, 1.165) is 27.0 Å². The van der Waals surface area contributed by atoms with Crippen LogP contribution in [0.15, 0.2) is 21.1 Å². The quantitative estimate of drug-likeness (QED) is 0.735. The maximum absolute atomic E-state index is 5.29. The number of thioether (sulfide) groups is 1. The van der Waals surface area contributed by atoms with Gasteiger partial charge in [0.15, 0.2) is 0 Å². The fourth-order valence-corrected chi connectivity index (χ4v) is 3.87. The standard InChI is InChI=1S/C13H19Br2NOS/c1-4-18-8-9(2)16-7-10-5-11(14)13(17-3)12(15)6-10/h5-6,9,16H,4,7-8H2,1-3H3. The van der Waals surface area contributed by atoms with Crippen LogP contribution in [0.5, 0.6) is 5.75 Å². The molecule has 1 rings (SSSR count). The molecule has 0 saturated heterocycles. The zero-order valence-electron chi connectivity index (χ0n) is 10.9. The summed E-state index contributed by atoms with van der Waals surface area (Å²) < 4.78 is 7.25. The summed E-state index contributed by atoms with van der Waals surface area (Å²) in [4.78, 5) is 0. The molecule has 0 fully saturated rings. The summed E-state index contributed by atoms with van der Waals surface area (Å²) >= 11 is 9.00. The Labute approximate surface area is 131 Å². The second-order valence-electron chi connectivity index (χ2n) is 4.03. The van der Waals surface area contributed by atoms with Crippen molar-refractivity contribution < 1.29 is 4.74 Å². The lowest BCUT2D eigenvalue weighted by molar-refractivity contribution is 0.409. The van der Waals surface area contributed by atoms with Crippen molar-refractivity contribution in [1.29, 1.82) is 0 Å². The van der Waals surface area contributed by atoms with Crippen molar-refractivity contribution in [3.05, 3.63) is 26.6 Å². The van der Waals surface area contributed by atoms with Crippen molar-refractivity contribution in [2.75, 3.05) is 18.6 Å². The number of hydrogen-bond acceptors (Lipinski definition) is 3. The molecule has 0 aliphatic rings. The van der Waals surface area contributed by atoms with Crippen LogP contribution >= 0.6 is 43.6 Å². The Hall–Kier alpha value is 0.290. The number of hydrogen-bond donors (Lipinski definition) is 1. The molecule has 0 radical (unpaired) electrons. The number of nitrogens with one attached hydrogen (secondary N) is 1. The van der Waals surface area contributed by atoms with E-state index in [-0.39, 0.29) is 0 Å². The first-order valence-electron chi connectivity index (χ1n) is 5.91. The van der Waals surface area contributed by atoms with Gasteiger partial charge in [-0.05, 0) is 62.2 Å². The van der Waals surface area contributed by atoms with Crippen molar-refractivity contribution in [1.82, 2.24) is 5.32 Å². The Morgan fingerprint density at radius 1 is 1.33 bits per heavy atom. The number of rotatable bonds is 7. The fourth-order valence-electron chi connectivity index (χ4n) is 1.56. The fraction of sp³-hybridized carbons (Fsp3) is 0.538. The maximum atomic E-state index is 5.29. The number of ether oxygens (including phenoxy) is 1. The molecule has 1 atom stereocenters. The van der Waals surface area contributed by atoms with E-state index in [0.29, 0.717) is 6.04 Å². The predicted octanol–water partition coefficient (Wildman–Crippen LogP) is 4.45. The van der Waals surface area contributed by atoms with E-state index in [1.165, 1.54) is 11.3 Å². The van der Waals surface area contributed by atoms with Gasteiger partial charge in [-0.2, -0.15) is 11.8 Å². The van der Waals surface area contributed by atoms with E-state index in [2.05, 4.69) is 63.2 Å². The first kappa shape index (κ1) is 16.3. The highest BCUT2D eigenvalue weighted by atomic mass is 79.9. The SMILES string of the molecule is CCSCC(C)NCc1cc(Br)c(OC)c(Br)c1. The molecular weight excluding hydrogens is 378 g/mol. The van der Waals surface area contributed by atoms with E-state index >= 15 is 0 Å². The second-order valence-corrected chi connectivity index (χ2v) is 7.06. The van der Waals surface area contributed by atoms with Gasteiger partial charge in [-0.3, -0.25) is 0 Å². The molecule has 18 heavy (non-hydrogen) atoms. The Balaban J connectivity index is 2.58. The van der Waals surface area contributed by atoms with Gasteiger partial charge >= 0.3 is 0 Å². The summed E-state index contributed by atoms with van der Waals surface area (Å²) in [6.45, 7) is 5.28. The van der Waals surface area contributed by atoms with Gasteiger partial charge in [0.05, 0.1) is 16.1 Å². The number of halogens is 2. The molecule has 5 heteroatoms. The van der Waals surface area contributed by atoms with Crippen molar-refractivity contribution in [3.63, 3.8) is 0 Å². The summed E-state index contributed by atoms with van der Waals surface area (Å²) in [6.07, 6.45) is 0. The van der Waals surface area contributed by atoms with Crippen LogP contribution in [0, 0.1) is 0 Å². The molecule has 102 valence electrons. The van der Waals surface area contributed by atoms with Crippen LogP contribution < -0.4 is 10.1 Å². The van der Waals surface area contributed by atoms with Crippen LogP contribution in [0.3, 0.4) is 0 Å². The molecule has 0 amide bonds. The lowest BCUT2D eigenvalue weighted by atomic mass is 10.2. The highest BCUT2D eigenvalue weighted by molar-refractivity contribution is 9.11. The molecule has 0 bridgehead atoms.